The summed E-state index contributed by atoms with van der Waals surface area (Å²) in [5, 5.41) is 6.59. The number of urea groups is 1. The third-order valence-corrected chi connectivity index (χ3v) is 6.21. The van der Waals surface area contributed by atoms with Gasteiger partial charge in [-0.2, -0.15) is 18.3 Å². The second kappa shape index (κ2) is 9.71. The van der Waals surface area contributed by atoms with E-state index in [4.69, 9.17) is 16.3 Å². The lowest BCUT2D eigenvalue weighted by molar-refractivity contribution is -0.137. The van der Waals surface area contributed by atoms with E-state index in [1.54, 1.807) is 12.1 Å². The minimum Gasteiger partial charge on any atom is -0.364 e. The van der Waals surface area contributed by atoms with Crippen molar-refractivity contribution in [3.05, 3.63) is 101 Å². The molecule has 182 valence electrons. The average Bonchev–Trinajstić information content (AvgIpc) is 3.21. The van der Waals surface area contributed by atoms with Gasteiger partial charge in [0, 0.05) is 17.8 Å². The van der Waals surface area contributed by atoms with Gasteiger partial charge in [0.2, 0.25) is 0 Å². The number of hydrogen-bond donors (Lipinski definition) is 0. The number of carbonyl (C=O) groups is 1. The maximum Gasteiger partial charge on any atom is 0.416 e. The van der Waals surface area contributed by atoms with Gasteiger partial charge in [-0.05, 0) is 54.4 Å². The number of carbonyl (C=O) groups excluding carboxylic acids is 1. The number of hydrazone groups is 1. The van der Waals surface area contributed by atoms with Gasteiger partial charge in [-0.15, -0.1) is 0 Å². The first-order valence-corrected chi connectivity index (χ1v) is 11.2. The van der Waals surface area contributed by atoms with E-state index in [0.717, 1.165) is 23.3 Å². The van der Waals surface area contributed by atoms with Crippen LogP contribution in [0.3, 0.4) is 0 Å². The second-order valence-electron chi connectivity index (χ2n) is 8.38. The van der Waals surface area contributed by atoms with E-state index in [1.165, 1.54) is 29.2 Å². The Bertz CT molecular complexity index is 1220. The summed E-state index contributed by atoms with van der Waals surface area (Å²) in [7, 11) is 1.41. The predicted octanol–water partition coefficient (Wildman–Crippen LogP) is 6.57. The van der Waals surface area contributed by atoms with Crippen molar-refractivity contribution < 1.29 is 22.7 Å². The normalized spacial score (nSPS) is 17.9. The van der Waals surface area contributed by atoms with Gasteiger partial charge in [0.05, 0.1) is 23.2 Å². The number of methoxy groups -OCH3 is 1. The van der Waals surface area contributed by atoms with Gasteiger partial charge >= 0.3 is 12.2 Å². The van der Waals surface area contributed by atoms with E-state index in [1.807, 2.05) is 49.4 Å². The molecule has 1 atom stereocenters. The van der Waals surface area contributed by atoms with Crippen molar-refractivity contribution in [2.75, 3.05) is 25.3 Å². The highest BCUT2D eigenvalue weighted by molar-refractivity contribution is 6.30. The molecule has 0 bridgehead atoms. The maximum absolute atomic E-state index is 13.6. The number of halogens is 4. The Morgan fingerprint density at radius 2 is 1.69 bits per heavy atom. The van der Waals surface area contributed by atoms with E-state index in [2.05, 4.69) is 5.10 Å². The van der Waals surface area contributed by atoms with Crippen LogP contribution in [0.2, 0.25) is 5.02 Å². The van der Waals surface area contributed by atoms with Crippen LogP contribution in [0.15, 0.2) is 84.0 Å². The number of alkyl halides is 3. The number of amides is 2. The molecule has 5 nitrogen and oxygen atoms in total. The molecule has 0 spiro atoms. The zero-order valence-corrected chi connectivity index (χ0v) is 19.8. The molecule has 1 aliphatic rings. The van der Waals surface area contributed by atoms with Crippen LogP contribution in [0.4, 0.5) is 23.7 Å². The van der Waals surface area contributed by atoms with Gasteiger partial charge in [0.1, 0.15) is 6.73 Å². The molecule has 1 unspecified atom stereocenters. The summed E-state index contributed by atoms with van der Waals surface area (Å²) in [5.74, 6) is 0. The summed E-state index contributed by atoms with van der Waals surface area (Å²) in [6.45, 7) is 2.07. The third kappa shape index (κ3) is 5.04. The zero-order valence-electron chi connectivity index (χ0n) is 19.1. The summed E-state index contributed by atoms with van der Waals surface area (Å²) in [6, 6.07) is 20.8. The van der Waals surface area contributed by atoms with Gasteiger partial charge in [-0.1, -0.05) is 54.1 Å². The molecule has 0 aliphatic carbocycles. The maximum atomic E-state index is 13.6. The Balaban J connectivity index is 1.71. The lowest BCUT2D eigenvalue weighted by Gasteiger charge is -2.29. The monoisotopic (exact) mass is 501 g/mol. The van der Waals surface area contributed by atoms with E-state index in [9.17, 15) is 18.0 Å². The zero-order chi connectivity index (χ0) is 25.2. The summed E-state index contributed by atoms with van der Waals surface area (Å²) < 4.78 is 44.2. The van der Waals surface area contributed by atoms with Crippen LogP contribution in [-0.2, 0) is 16.3 Å². The SMILES string of the molecule is COCN(C(=O)N1CC(C)(c2ccccc2)C(c2ccc(Cl)cc2)=N1)c1ccc(C(F)(F)F)cc1. The highest BCUT2D eigenvalue weighted by Gasteiger charge is 2.44. The van der Waals surface area contributed by atoms with Crippen LogP contribution in [0.1, 0.15) is 23.6 Å². The van der Waals surface area contributed by atoms with Crippen molar-refractivity contribution >= 4 is 29.0 Å². The standard InChI is InChI=1S/C26H23ClF3N3O2/c1-25(19-6-4-3-5-7-19)16-33(31-23(25)18-8-12-21(27)13-9-18)24(34)32(17-35-2)22-14-10-20(11-15-22)26(28,29)30/h3-15H,16-17H2,1-2H3. The fraction of sp³-hybridized carbons (Fsp3) is 0.231. The van der Waals surface area contributed by atoms with Crippen molar-refractivity contribution in [1.82, 2.24) is 5.01 Å². The number of benzene rings is 3. The molecule has 0 aromatic heterocycles. The fourth-order valence-electron chi connectivity index (χ4n) is 4.11. The van der Waals surface area contributed by atoms with Gasteiger partial charge in [0.25, 0.3) is 0 Å². The van der Waals surface area contributed by atoms with E-state index < -0.39 is 23.2 Å². The number of ether oxygens (including phenoxy) is 1. The molecule has 35 heavy (non-hydrogen) atoms. The molecule has 0 saturated heterocycles. The number of rotatable bonds is 5. The van der Waals surface area contributed by atoms with Gasteiger partial charge < -0.3 is 4.74 Å². The van der Waals surface area contributed by atoms with Gasteiger partial charge in [-0.3, -0.25) is 4.90 Å². The molecule has 4 rings (SSSR count). The molecule has 0 radical (unpaired) electrons. The second-order valence-corrected chi connectivity index (χ2v) is 8.82. The minimum absolute atomic E-state index is 0.158. The van der Waals surface area contributed by atoms with E-state index in [0.29, 0.717) is 10.7 Å². The van der Waals surface area contributed by atoms with Crippen molar-refractivity contribution in [3.8, 4) is 0 Å². The third-order valence-electron chi connectivity index (χ3n) is 5.95. The van der Waals surface area contributed by atoms with Crippen LogP contribution < -0.4 is 4.90 Å². The Morgan fingerprint density at radius 3 is 2.26 bits per heavy atom. The van der Waals surface area contributed by atoms with Crippen LogP contribution in [0.25, 0.3) is 0 Å². The van der Waals surface area contributed by atoms with Crippen LogP contribution >= 0.6 is 11.6 Å². The molecule has 1 heterocycles. The first-order valence-electron chi connectivity index (χ1n) is 10.8. The van der Waals surface area contributed by atoms with Gasteiger partial charge in [-0.25, -0.2) is 9.80 Å². The van der Waals surface area contributed by atoms with Crippen molar-refractivity contribution in [3.63, 3.8) is 0 Å². The molecule has 0 N–H and O–H groups in total. The molecule has 2 amide bonds. The van der Waals surface area contributed by atoms with Crippen LogP contribution in [0, 0.1) is 0 Å². The summed E-state index contributed by atoms with van der Waals surface area (Å²) in [6.07, 6.45) is -4.47. The molecule has 1 aliphatic heterocycles. The lowest BCUT2D eigenvalue weighted by atomic mass is 9.76. The fourth-order valence-corrected chi connectivity index (χ4v) is 4.23. The smallest absolute Gasteiger partial charge is 0.364 e. The van der Waals surface area contributed by atoms with E-state index in [-0.39, 0.29) is 19.0 Å². The van der Waals surface area contributed by atoms with Crippen molar-refractivity contribution in [1.29, 1.82) is 0 Å². The first-order chi connectivity index (χ1) is 16.6. The quantitative estimate of drug-likeness (QED) is 0.371. The molecular formula is C26H23ClF3N3O2. The van der Waals surface area contributed by atoms with Crippen LogP contribution in [-0.4, -0.2) is 37.1 Å². The predicted molar refractivity (Wildman–Crippen MR) is 130 cm³/mol. The Kier molecular flexibility index (Phi) is 6.87. The molecule has 0 saturated carbocycles. The van der Waals surface area contributed by atoms with Crippen molar-refractivity contribution in [2.24, 2.45) is 5.10 Å². The highest BCUT2D eigenvalue weighted by Crippen LogP contribution is 2.36. The molecule has 3 aromatic rings. The molecule has 0 fully saturated rings. The Morgan fingerprint density at radius 1 is 1.06 bits per heavy atom. The average molecular weight is 502 g/mol. The molecular weight excluding hydrogens is 479 g/mol. The number of hydrogen-bond acceptors (Lipinski definition) is 3. The summed E-state index contributed by atoms with van der Waals surface area (Å²) in [5.41, 5.74) is 1.29. The van der Waals surface area contributed by atoms with E-state index >= 15 is 0 Å². The Hall–Kier alpha value is -3.36. The van der Waals surface area contributed by atoms with Crippen molar-refractivity contribution in [2.45, 2.75) is 18.5 Å². The molecule has 3 aromatic carbocycles. The number of nitrogens with zero attached hydrogens (tertiary/aromatic N) is 3. The van der Waals surface area contributed by atoms with Crippen LogP contribution in [0.5, 0.6) is 0 Å². The molecule has 9 heteroatoms. The summed E-state index contributed by atoms with van der Waals surface area (Å²) in [4.78, 5) is 14.8. The first kappa shape index (κ1) is 24.8. The Labute approximate surface area is 206 Å². The highest BCUT2D eigenvalue weighted by atomic mass is 35.5. The minimum atomic E-state index is -4.47. The topological polar surface area (TPSA) is 45.1 Å². The summed E-state index contributed by atoms with van der Waals surface area (Å²) >= 11 is 6.07. The largest absolute Gasteiger partial charge is 0.416 e. The number of anilines is 1. The lowest BCUT2D eigenvalue weighted by Crippen LogP contribution is -2.44. The van der Waals surface area contributed by atoms with Gasteiger partial charge in [0.15, 0.2) is 0 Å².